The molecule has 3 aliphatic rings. The van der Waals surface area contributed by atoms with Gasteiger partial charge in [-0.15, -0.1) is 0 Å². The molecule has 6 rings (SSSR count). The lowest BCUT2D eigenvalue weighted by Gasteiger charge is -2.53. The number of rotatable bonds is 8. The van der Waals surface area contributed by atoms with E-state index in [2.05, 4.69) is 30.7 Å². The first kappa shape index (κ1) is 24.9. The minimum atomic E-state index is -2.70. The summed E-state index contributed by atoms with van der Waals surface area (Å²) in [4.78, 5) is 30.1. The molecule has 0 radical (unpaired) electrons. The maximum absolute atomic E-state index is 13.9. The summed E-state index contributed by atoms with van der Waals surface area (Å²) >= 11 is 0. The molecule has 0 bridgehead atoms. The maximum atomic E-state index is 13.9. The van der Waals surface area contributed by atoms with Crippen molar-refractivity contribution in [1.82, 2.24) is 35.5 Å². The third-order valence-electron chi connectivity index (χ3n) is 8.73. The highest BCUT2D eigenvalue weighted by Crippen LogP contribution is 2.55. The highest BCUT2D eigenvalue weighted by Gasteiger charge is 2.47. The van der Waals surface area contributed by atoms with Gasteiger partial charge >= 0.3 is 0 Å². The molecular formula is C26H31F2N7O3. The number of halogens is 2. The lowest BCUT2D eigenvalue weighted by molar-refractivity contribution is -0.126. The Hall–Kier alpha value is -3.44. The molecule has 38 heavy (non-hydrogen) atoms. The average Bonchev–Trinajstić information content (AvgIpc) is 3.49. The molecule has 3 aliphatic carbocycles. The van der Waals surface area contributed by atoms with Crippen LogP contribution < -0.4 is 10.6 Å². The molecule has 12 heteroatoms. The molecule has 202 valence electrons. The largest absolute Gasteiger partial charge is 0.352 e. The van der Waals surface area contributed by atoms with Crippen LogP contribution in [0.1, 0.15) is 84.8 Å². The van der Waals surface area contributed by atoms with E-state index in [0.29, 0.717) is 35.9 Å². The van der Waals surface area contributed by atoms with E-state index >= 15 is 0 Å². The van der Waals surface area contributed by atoms with Gasteiger partial charge in [0.05, 0.1) is 24.1 Å². The monoisotopic (exact) mass is 527 g/mol. The normalized spacial score (nSPS) is 25.2. The quantitative estimate of drug-likeness (QED) is 0.457. The van der Waals surface area contributed by atoms with Crippen molar-refractivity contribution in [1.29, 1.82) is 0 Å². The molecule has 3 aromatic heterocycles. The van der Waals surface area contributed by atoms with Crippen molar-refractivity contribution in [3.63, 3.8) is 0 Å². The van der Waals surface area contributed by atoms with E-state index < -0.39 is 17.9 Å². The smallest absolute Gasteiger partial charge is 0.276 e. The van der Waals surface area contributed by atoms with Gasteiger partial charge in [-0.2, -0.15) is 5.10 Å². The summed E-state index contributed by atoms with van der Waals surface area (Å²) in [5.41, 5.74) is 2.26. The van der Waals surface area contributed by atoms with Gasteiger partial charge < -0.3 is 10.6 Å². The molecule has 0 spiro atoms. The SMILES string of the molecule is Cc1nonc1C(=O)N[C@H](c1cn2ncc(CNC(=O)C[C@@H]3C[C@H]4CCC43)cc2n1)C1CCC(F)(F)CC1. The predicted octanol–water partition coefficient (Wildman–Crippen LogP) is 3.77. The number of carbonyl (C=O) groups excluding carboxylic acids is 2. The number of nitrogens with zero attached hydrogens (tertiary/aromatic N) is 5. The van der Waals surface area contributed by atoms with E-state index in [1.807, 2.05) is 6.07 Å². The Morgan fingerprint density at radius 1 is 1.21 bits per heavy atom. The second-order valence-corrected chi connectivity index (χ2v) is 11.2. The summed E-state index contributed by atoms with van der Waals surface area (Å²) < 4.78 is 34.0. The second-order valence-electron chi connectivity index (χ2n) is 11.2. The summed E-state index contributed by atoms with van der Waals surface area (Å²) in [6.07, 6.45) is 7.69. The van der Waals surface area contributed by atoms with Crippen LogP contribution >= 0.6 is 0 Å². The van der Waals surface area contributed by atoms with E-state index in [1.54, 1.807) is 23.8 Å². The number of imidazole rings is 1. The third-order valence-corrected chi connectivity index (χ3v) is 8.73. The minimum absolute atomic E-state index is 0.0470. The Balaban J connectivity index is 1.16. The molecule has 10 nitrogen and oxygen atoms in total. The van der Waals surface area contributed by atoms with Crippen LogP contribution in [0.5, 0.6) is 0 Å². The summed E-state index contributed by atoms with van der Waals surface area (Å²) in [7, 11) is 0. The molecular weight excluding hydrogens is 496 g/mol. The van der Waals surface area contributed by atoms with E-state index in [0.717, 1.165) is 17.4 Å². The standard InChI is InChI=1S/C26H31F2N7O3/c1-14-23(34-38-33-14)25(37)32-24(16-4-6-26(27,28)7-5-16)20-13-35-21(31-20)8-15(12-30-35)11-29-22(36)10-18-9-17-2-3-19(17)18/h8,12-13,16-19,24H,2-7,9-11H2,1H3,(H,29,36)(H,32,37)/t17-,18+,19?,24+/m1/s1. The summed E-state index contributed by atoms with van der Waals surface area (Å²) in [6.45, 7) is 1.95. The molecule has 4 atom stereocenters. The van der Waals surface area contributed by atoms with Gasteiger partial charge in [-0.05, 0) is 79.5 Å². The van der Waals surface area contributed by atoms with Crippen LogP contribution in [0, 0.1) is 30.6 Å². The number of aromatic nitrogens is 5. The van der Waals surface area contributed by atoms with Crippen LogP contribution in [0.25, 0.3) is 5.65 Å². The minimum Gasteiger partial charge on any atom is -0.352 e. The number of fused-ring (bicyclic) bond motifs is 2. The number of alkyl halides is 2. The van der Waals surface area contributed by atoms with E-state index in [4.69, 9.17) is 4.98 Å². The fourth-order valence-electron chi connectivity index (χ4n) is 6.28. The third kappa shape index (κ3) is 4.88. The second kappa shape index (κ2) is 9.70. The van der Waals surface area contributed by atoms with Crippen LogP contribution in [-0.2, 0) is 11.3 Å². The van der Waals surface area contributed by atoms with Crippen molar-refractivity contribution in [2.45, 2.75) is 76.8 Å². The molecule has 3 aromatic rings. The van der Waals surface area contributed by atoms with Crippen LogP contribution in [0.15, 0.2) is 23.1 Å². The van der Waals surface area contributed by atoms with E-state index in [-0.39, 0.29) is 43.2 Å². The van der Waals surface area contributed by atoms with Gasteiger partial charge in [0.1, 0.15) is 5.69 Å². The van der Waals surface area contributed by atoms with Gasteiger partial charge in [-0.1, -0.05) is 5.16 Å². The predicted molar refractivity (Wildman–Crippen MR) is 130 cm³/mol. The van der Waals surface area contributed by atoms with Gasteiger partial charge in [-0.3, -0.25) is 9.59 Å². The first-order valence-electron chi connectivity index (χ1n) is 13.3. The van der Waals surface area contributed by atoms with Crippen molar-refractivity contribution >= 4 is 17.5 Å². The Kier molecular flexibility index (Phi) is 6.35. The fourth-order valence-corrected chi connectivity index (χ4v) is 6.28. The molecule has 0 aromatic carbocycles. The van der Waals surface area contributed by atoms with Crippen molar-refractivity contribution in [3.8, 4) is 0 Å². The number of hydrogen-bond acceptors (Lipinski definition) is 7. The number of carbonyl (C=O) groups is 2. The topological polar surface area (TPSA) is 127 Å². The lowest BCUT2D eigenvalue weighted by Crippen LogP contribution is -2.46. The molecule has 0 aliphatic heterocycles. The summed E-state index contributed by atoms with van der Waals surface area (Å²) in [6, 6.07) is 1.22. The zero-order chi connectivity index (χ0) is 26.4. The van der Waals surface area contributed by atoms with Crippen molar-refractivity contribution in [2.24, 2.45) is 23.7 Å². The van der Waals surface area contributed by atoms with Gasteiger partial charge in [0.15, 0.2) is 11.3 Å². The molecule has 3 heterocycles. The Morgan fingerprint density at radius 2 is 2.03 bits per heavy atom. The zero-order valence-electron chi connectivity index (χ0n) is 21.2. The van der Waals surface area contributed by atoms with Crippen LogP contribution in [-0.4, -0.2) is 42.6 Å². The first-order chi connectivity index (χ1) is 18.3. The zero-order valence-corrected chi connectivity index (χ0v) is 21.2. The molecule has 0 saturated heterocycles. The summed E-state index contributed by atoms with van der Waals surface area (Å²) in [5.74, 6) is -1.26. The molecule has 3 fully saturated rings. The number of nitrogens with one attached hydrogen (secondary N) is 2. The highest BCUT2D eigenvalue weighted by molar-refractivity contribution is 5.93. The Morgan fingerprint density at radius 3 is 2.68 bits per heavy atom. The summed E-state index contributed by atoms with van der Waals surface area (Å²) in [5, 5.41) is 17.7. The highest BCUT2D eigenvalue weighted by atomic mass is 19.3. The number of amides is 2. The maximum Gasteiger partial charge on any atom is 0.276 e. The fraction of sp³-hybridized carbons (Fsp3) is 0.615. The Labute approximate surface area is 217 Å². The number of aryl methyl sites for hydroxylation is 1. The van der Waals surface area contributed by atoms with Gasteiger partial charge in [-0.25, -0.2) is 22.9 Å². The Bertz CT molecular complexity index is 1350. The van der Waals surface area contributed by atoms with Crippen LogP contribution in [0.4, 0.5) is 8.78 Å². The lowest BCUT2D eigenvalue weighted by atomic mass is 9.52. The number of hydrogen-bond donors (Lipinski definition) is 2. The molecule has 3 saturated carbocycles. The molecule has 2 N–H and O–H groups in total. The molecule has 1 unspecified atom stereocenters. The van der Waals surface area contributed by atoms with Crippen LogP contribution in [0.3, 0.4) is 0 Å². The van der Waals surface area contributed by atoms with E-state index in [9.17, 15) is 18.4 Å². The van der Waals surface area contributed by atoms with Gasteiger partial charge in [0, 0.05) is 25.8 Å². The molecule has 2 amide bonds. The van der Waals surface area contributed by atoms with Crippen molar-refractivity contribution in [2.75, 3.05) is 0 Å². The van der Waals surface area contributed by atoms with Crippen molar-refractivity contribution < 1.29 is 23.0 Å². The van der Waals surface area contributed by atoms with Gasteiger partial charge in [0.2, 0.25) is 11.8 Å². The van der Waals surface area contributed by atoms with Crippen molar-refractivity contribution in [3.05, 3.63) is 41.1 Å². The average molecular weight is 528 g/mol. The van der Waals surface area contributed by atoms with E-state index in [1.165, 1.54) is 19.3 Å². The van der Waals surface area contributed by atoms with Crippen LogP contribution in [0.2, 0.25) is 0 Å². The first-order valence-corrected chi connectivity index (χ1v) is 13.3. The van der Waals surface area contributed by atoms with Gasteiger partial charge in [0.25, 0.3) is 5.91 Å².